The van der Waals surface area contributed by atoms with Gasteiger partial charge in [-0.3, -0.25) is 4.79 Å². The summed E-state index contributed by atoms with van der Waals surface area (Å²) in [7, 11) is 3.16. The van der Waals surface area contributed by atoms with E-state index in [0.29, 0.717) is 18.0 Å². The highest BCUT2D eigenvalue weighted by atomic mass is 35.5. The zero-order valence-electron chi connectivity index (χ0n) is 14.0. The molecule has 24 heavy (non-hydrogen) atoms. The van der Waals surface area contributed by atoms with E-state index >= 15 is 0 Å². The number of piperidine rings is 1. The molecule has 1 aliphatic rings. The van der Waals surface area contributed by atoms with Gasteiger partial charge in [-0.15, -0.1) is 12.4 Å². The largest absolute Gasteiger partial charge is 0.384 e. The summed E-state index contributed by atoms with van der Waals surface area (Å²) in [6, 6.07) is 6.78. The Hall–Kier alpha value is -1.83. The molecular weight excluding hydrogens is 332 g/mol. The number of halogens is 1. The zero-order valence-corrected chi connectivity index (χ0v) is 14.8. The van der Waals surface area contributed by atoms with Crippen molar-refractivity contribution in [1.29, 1.82) is 0 Å². The molecule has 3 amide bonds. The average molecular weight is 357 g/mol. The third-order valence-electron chi connectivity index (χ3n) is 4.07. The summed E-state index contributed by atoms with van der Waals surface area (Å²) >= 11 is 0. The minimum atomic E-state index is -0.510. The first kappa shape index (κ1) is 20.2. The van der Waals surface area contributed by atoms with E-state index in [2.05, 4.69) is 21.3 Å². The number of rotatable bonds is 5. The summed E-state index contributed by atoms with van der Waals surface area (Å²) in [5.74, 6) is -0.0436. The molecule has 1 aromatic rings. The molecule has 0 spiro atoms. The number of hydrogen-bond donors (Lipinski definition) is 4. The summed E-state index contributed by atoms with van der Waals surface area (Å²) in [5, 5.41) is 11.4. The second-order valence-corrected chi connectivity index (χ2v) is 5.70. The zero-order chi connectivity index (χ0) is 16.7. The van der Waals surface area contributed by atoms with Crippen LogP contribution in [-0.2, 0) is 9.53 Å². The summed E-state index contributed by atoms with van der Waals surface area (Å²) in [6.45, 7) is 2.00. The molecule has 134 valence electrons. The Morgan fingerprint density at radius 3 is 2.42 bits per heavy atom. The van der Waals surface area contributed by atoms with E-state index < -0.39 is 5.41 Å². The first-order chi connectivity index (χ1) is 11.1. The lowest BCUT2D eigenvalue weighted by atomic mass is 9.78. The van der Waals surface area contributed by atoms with Crippen LogP contribution in [0.3, 0.4) is 0 Å². The number of methoxy groups -OCH3 is 1. The van der Waals surface area contributed by atoms with E-state index in [9.17, 15) is 9.59 Å². The maximum absolute atomic E-state index is 12.8. The molecule has 2 rings (SSSR count). The number of amides is 3. The highest BCUT2D eigenvalue weighted by Gasteiger charge is 2.39. The Morgan fingerprint density at radius 1 is 1.21 bits per heavy atom. The van der Waals surface area contributed by atoms with Gasteiger partial charge >= 0.3 is 6.03 Å². The molecule has 1 fully saturated rings. The number of benzene rings is 1. The van der Waals surface area contributed by atoms with Gasteiger partial charge in [-0.05, 0) is 44.1 Å². The molecule has 0 aromatic heterocycles. The van der Waals surface area contributed by atoms with Crippen LogP contribution >= 0.6 is 12.4 Å². The first-order valence-electron chi connectivity index (χ1n) is 7.69. The molecule has 1 saturated heterocycles. The molecule has 7 nitrogen and oxygen atoms in total. The monoisotopic (exact) mass is 356 g/mol. The second kappa shape index (κ2) is 9.46. The van der Waals surface area contributed by atoms with Crippen LogP contribution < -0.4 is 21.3 Å². The number of hydrogen-bond acceptors (Lipinski definition) is 4. The van der Waals surface area contributed by atoms with Crippen molar-refractivity contribution in [2.75, 3.05) is 44.5 Å². The molecule has 4 N–H and O–H groups in total. The smallest absolute Gasteiger partial charge is 0.318 e. The van der Waals surface area contributed by atoms with E-state index in [1.165, 1.54) is 0 Å². The van der Waals surface area contributed by atoms with Gasteiger partial charge in [0.15, 0.2) is 0 Å². The molecule has 0 aliphatic carbocycles. The SMILES string of the molecule is CNC(=O)Nc1cccc(NC(=O)C2(COC)CCNCC2)c1.Cl. The van der Waals surface area contributed by atoms with Crippen LogP contribution in [0.4, 0.5) is 16.2 Å². The Labute approximate surface area is 148 Å². The number of carbonyl (C=O) groups excluding carboxylic acids is 2. The van der Waals surface area contributed by atoms with Crippen LogP contribution in [0.5, 0.6) is 0 Å². The second-order valence-electron chi connectivity index (χ2n) is 5.70. The van der Waals surface area contributed by atoms with Crippen LogP contribution in [0.25, 0.3) is 0 Å². The molecule has 8 heteroatoms. The van der Waals surface area contributed by atoms with E-state index in [1.807, 2.05) is 0 Å². The Kier molecular flexibility index (Phi) is 7.97. The molecule has 0 atom stereocenters. The molecule has 0 unspecified atom stereocenters. The van der Waals surface area contributed by atoms with Crippen LogP contribution in [0, 0.1) is 5.41 Å². The standard InChI is InChI=1S/C16H24N4O3.ClH/c1-17-15(22)20-13-5-3-4-12(10-13)19-14(21)16(11-23-2)6-8-18-9-7-16;/h3-5,10,18H,6-9,11H2,1-2H3,(H,19,21)(H2,17,20,22);1H. The van der Waals surface area contributed by atoms with Gasteiger partial charge in [0, 0.05) is 25.5 Å². The fourth-order valence-corrected chi connectivity index (χ4v) is 2.75. The lowest BCUT2D eigenvalue weighted by molar-refractivity contribution is -0.130. The van der Waals surface area contributed by atoms with Gasteiger partial charge in [-0.25, -0.2) is 4.79 Å². The van der Waals surface area contributed by atoms with Crippen molar-refractivity contribution in [3.05, 3.63) is 24.3 Å². The third-order valence-corrected chi connectivity index (χ3v) is 4.07. The average Bonchev–Trinajstić information content (AvgIpc) is 2.56. The van der Waals surface area contributed by atoms with Gasteiger partial charge in [-0.2, -0.15) is 0 Å². The molecule has 0 radical (unpaired) electrons. The Balaban J connectivity index is 0.00000288. The van der Waals surface area contributed by atoms with Crippen LogP contribution in [0.15, 0.2) is 24.3 Å². The fraction of sp³-hybridized carbons (Fsp3) is 0.500. The summed E-state index contributed by atoms with van der Waals surface area (Å²) in [4.78, 5) is 24.1. The Bertz CT molecular complexity index is 556. The summed E-state index contributed by atoms with van der Waals surface area (Å²) in [5.41, 5.74) is 0.760. The number of urea groups is 1. The van der Waals surface area contributed by atoms with Crippen LogP contribution in [0.2, 0.25) is 0 Å². The predicted molar refractivity (Wildman–Crippen MR) is 96.8 cm³/mol. The van der Waals surface area contributed by atoms with Gasteiger partial charge in [0.1, 0.15) is 0 Å². The van der Waals surface area contributed by atoms with Crippen molar-refractivity contribution >= 4 is 35.7 Å². The van der Waals surface area contributed by atoms with Gasteiger partial charge in [0.05, 0.1) is 12.0 Å². The predicted octanol–water partition coefficient (Wildman–Crippen LogP) is 1.81. The lowest BCUT2D eigenvalue weighted by Crippen LogP contribution is -2.47. The van der Waals surface area contributed by atoms with Crippen molar-refractivity contribution in [1.82, 2.24) is 10.6 Å². The van der Waals surface area contributed by atoms with E-state index in [0.717, 1.165) is 25.9 Å². The van der Waals surface area contributed by atoms with Crippen molar-refractivity contribution in [2.24, 2.45) is 5.41 Å². The van der Waals surface area contributed by atoms with E-state index in [1.54, 1.807) is 38.4 Å². The first-order valence-corrected chi connectivity index (χ1v) is 7.69. The highest BCUT2D eigenvalue weighted by Crippen LogP contribution is 2.31. The molecular formula is C16H25ClN4O3. The van der Waals surface area contributed by atoms with Crippen molar-refractivity contribution in [3.8, 4) is 0 Å². The number of ether oxygens (including phenoxy) is 1. The van der Waals surface area contributed by atoms with Crippen LogP contribution in [0.1, 0.15) is 12.8 Å². The molecule has 1 heterocycles. The van der Waals surface area contributed by atoms with Crippen molar-refractivity contribution < 1.29 is 14.3 Å². The minimum Gasteiger partial charge on any atom is -0.384 e. The fourth-order valence-electron chi connectivity index (χ4n) is 2.75. The van der Waals surface area contributed by atoms with Crippen molar-refractivity contribution in [2.45, 2.75) is 12.8 Å². The molecule has 1 aliphatic heterocycles. The Morgan fingerprint density at radius 2 is 1.83 bits per heavy atom. The van der Waals surface area contributed by atoms with Gasteiger partial charge in [-0.1, -0.05) is 6.07 Å². The van der Waals surface area contributed by atoms with E-state index in [-0.39, 0.29) is 24.3 Å². The summed E-state index contributed by atoms with van der Waals surface area (Å²) in [6.07, 6.45) is 1.48. The molecule has 0 bridgehead atoms. The maximum Gasteiger partial charge on any atom is 0.318 e. The van der Waals surface area contributed by atoms with Gasteiger partial charge in [0.25, 0.3) is 0 Å². The normalized spacial score (nSPS) is 15.8. The lowest BCUT2D eigenvalue weighted by Gasteiger charge is -2.35. The van der Waals surface area contributed by atoms with Crippen LogP contribution in [-0.4, -0.2) is 45.8 Å². The third kappa shape index (κ3) is 5.09. The molecule has 0 saturated carbocycles. The number of nitrogens with one attached hydrogen (secondary N) is 4. The summed E-state index contributed by atoms with van der Waals surface area (Å²) < 4.78 is 5.28. The van der Waals surface area contributed by atoms with Crippen molar-refractivity contribution in [3.63, 3.8) is 0 Å². The quantitative estimate of drug-likeness (QED) is 0.647. The van der Waals surface area contributed by atoms with Gasteiger partial charge in [0.2, 0.25) is 5.91 Å². The minimum absolute atomic E-state index is 0. The topological polar surface area (TPSA) is 91.5 Å². The number of carbonyl (C=O) groups is 2. The highest BCUT2D eigenvalue weighted by molar-refractivity contribution is 5.96. The molecule has 1 aromatic carbocycles. The van der Waals surface area contributed by atoms with E-state index in [4.69, 9.17) is 4.74 Å². The van der Waals surface area contributed by atoms with Gasteiger partial charge < -0.3 is 26.0 Å². The number of anilines is 2. The maximum atomic E-state index is 12.8.